The number of nitrogens with two attached hydrogens (primary N) is 1. The number of halogens is 5. The van der Waals surface area contributed by atoms with E-state index in [1.54, 1.807) is 0 Å². The number of aliphatic hydroxyl groups is 3. The molecule has 0 saturated heterocycles. The van der Waals surface area contributed by atoms with Gasteiger partial charge in [-0.15, -0.1) is 0 Å². The summed E-state index contributed by atoms with van der Waals surface area (Å²) < 4.78 is 75.4. The van der Waals surface area contributed by atoms with Crippen LogP contribution in [-0.2, 0) is 0 Å². The lowest BCUT2D eigenvalue weighted by atomic mass is 10.1. The summed E-state index contributed by atoms with van der Waals surface area (Å²) >= 11 is 0. The fraction of sp³-hybridized carbons (Fsp3) is 0.200. The Morgan fingerprint density at radius 2 is 1.21 bits per heavy atom. The normalized spacial score (nSPS) is 11.1. The molecule has 0 aliphatic carbocycles. The molecular formula is C20H19BF5NO7. The van der Waals surface area contributed by atoms with Crippen LogP contribution < -0.4 is 15.0 Å². The summed E-state index contributed by atoms with van der Waals surface area (Å²) in [6.45, 7) is -1.21. The quantitative estimate of drug-likeness (QED) is 0.126. The van der Waals surface area contributed by atoms with Gasteiger partial charge in [-0.1, -0.05) is 12.1 Å². The number of fused-ring (bicyclic) bond motifs is 1. The van der Waals surface area contributed by atoms with E-state index in [0.717, 1.165) is 0 Å². The Labute approximate surface area is 189 Å². The highest BCUT2D eigenvalue weighted by atomic mass is 19.2. The first-order valence-electron chi connectivity index (χ1n) is 9.33. The summed E-state index contributed by atoms with van der Waals surface area (Å²) in [5.74, 6) is -12.9. The van der Waals surface area contributed by atoms with Gasteiger partial charge in [0.25, 0.3) is 0 Å². The third kappa shape index (κ3) is 6.24. The minimum absolute atomic E-state index is 0.0143. The predicted octanol–water partition coefficient (Wildman–Crippen LogP) is 1.34. The largest absolute Gasteiger partial charge is 0.785 e. The molecule has 0 atom stereocenters. The Hall–Kier alpha value is -3.17. The summed E-state index contributed by atoms with van der Waals surface area (Å²) in [6.07, 6.45) is 0. The molecule has 0 saturated carbocycles. The summed E-state index contributed by atoms with van der Waals surface area (Å²) in [6, 6.07) is 8.64. The molecule has 3 aromatic rings. The lowest BCUT2D eigenvalue weighted by Crippen LogP contribution is -2.50. The predicted molar refractivity (Wildman–Crippen MR) is 109 cm³/mol. The number of rotatable bonds is 7. The molecule has 0 radical (unpaired) electrons. The number of phenolic OH excluding ortho intramolecular Hbond substituents is 1. The van der Waals surface area contributed by atoms with Crippen molar-refractivity contribution in [1.29, 1.82) is 0 Å². The minimum atomic E-state index is -2.35. The summed E-state index contributed by atoms with van der Waals surface area (Å²) in [4.78, 5) is 0. The van der Waals surface area contributed by atoms with Gasteiger partial charge >= 0.3 is 7.32 Å². The van der Waals surface area contributed by atoms with E-state index < -0.39 is 67.5 Å². The second-order valence-electron chi connectivity index (χ2n) is 6.97. The molecule has 0 bridgehead atoms. The van der Waals surface area contributed by atoms with Gasteiger partial charge in [-0.3, -0.25) is 0 Å². The van der Waals surface area contributed by atoms with Gasteiger partial charge in [-0.05, 0) is 35.0 Å². The maximum Gasteiger partial charge on any atom is 0.785 e. The van der Waals surface area contributed by atoms with Gasteiger partial charge in [0.15, 0.2) is 5.75 Å². The Bertz CT molecular complexity index is 1110. The molecule has 0 heterocycles. The summed E-state index contributed by atoms with van der Waals surface area (Å²) in [5, 5.41) is 45.2. The molecule has 3 aromatic carbocycles. The first-order chi connectivity index (χ1) is 16.0. The van der Waals surface area contributed by atoms with Crippen molar-refractivity contribution < 1.29 is 56.7 Å². The van der Waals surface area contributed by atoms with Crippen LogP contribution in [0.2, 0.25) is 0 Å². The average Bonchev–Trinajstić information content (AvgIpc) is 2.84. The monoisotopic (exact) mass is 491 g/mol. The van der Waals surface area contributed by atoms with Crippen molar-refractivity contribution in [3.05, 3.63) is 65.5 Å². The van der Waals surface area contributed by atoms with E-state index in [2.05, 4.69) is 4.65 Å². The molecule has 0 fully saturated rings. The third-order valence-corrected chi connectivity index (χ3v) is 4.37. The third-order valence-electron chi connectivity index (χ3n) is 4.37. The highest BCUT2D eigenvalue weighted by molar-refractivity contribution is 6.36. The van der Waals surface area contributed by atoms with E-state index in [1.165, 1.54) is 36.4 Å². The zero-order valence-corrected chi connectivity index (χ0v) is 17.2. The van der Waals surface area contributed by atoms with Crippen molar-refractivity contribution >= 4 is 18.1 Å². The average molecular weight is 491 g/mol. The van der Waals surface area contributed by atoms with Gasteiger partial charge in [-0.25, -0.2) is 13.2 Å². The Balaban J connectivity index is 0.000000440. The SMILES string of the molecule is NC(CO)(CO)CO.OB(Oc1ccc2cc(O)ccc2c1)Oc1c(F)c(F)c(F)c(F)c1F. The number of hydrogen-bond donors (Lipinski definition) is 6. The van der Waals surface area contributed by atoms with Gasteiger partial charge < -0.3 is 40.5 Å². The van der Waals surface area contributed by atoms with Crippen molar-refractivity contribution in [2.45, 2.75) is 5.54 Å². The van der Waals surface area contributed by atoms with Gasteiger partial charge in [0, 0.05) is 0 Å². The molecule has 184 valence electrons. The molecule has 3 rings (SSSR count). The van der Waals surface area contributed by atoms with Crippen LogP contribution in [0.3, 0.4) is 0 Å². The molecule has 0 aliphatic rings. The molecular weight excluding hydrogens is 472 g/mol. The van der Waals surface area contributed by atoms with Crippen molar-refractivity contribution in [3.63, 3.8) is 0 Å². The zero-order valence-electron chi connectivity index (χ0n) is 17.2. The highest BCUT2D eigenvalue weighted by Crippen LogP contribution is 2.30. The lowest BCUT2D eigenvalue weighted by Gasteiger charge is -2.20. The van der Waals surface area contributed by atoms with Crippen LogP contribution in [-0.4, -0.2) is 58.1 Å². The fourth-order valence-corrected chi connectivity index (χ4v) is 2.36. The molecule has 0 spiro atoms. The molecule has 14 heteroatoms. The van der Waals surface area contributed by atoms with Crippen LogP contribution in [0.15, 0.2) is 36.4 Å². The van der Waals surface area contributed by atoms with Crippen LogP contribution in [0.5, 0.6) is 17.2 Å². The van der Waals surface area contributed by atoms with Crippen molar-refractivity contribution in [1.82, 2.24) is 0 Å². The fourth-order valence-electron chi connectivity index (χ4n) is 2.36. The maximum atomic E-state index is 13.5. The second kappa shape index (κ2) is 11.3. The van der Waals surface area contributed by atoms with E-state index >= 15 is 0 Å². The summed E-state index contributed by atoms with van der Waals surface area (Å²) in [5.41, 5.74) is 3.94. The Morgan fingerprint density at radius 3 is 1.71 bits per heavy atom. The van der Waals surface area contributed by atoms with Crippen molar-refractivity contribution in [2.24, 2.45) is 5.73 Å². The number of hydrogen-bond acceptors (Lipinski definition) is 8. The molecule has 8 nitrogen and oxygen atoms in total. The first kappa shape index (κ1) is 27.1. The van der Waals surface area contributed by atoms with Crippen LogP contribution in [0.1, 0.15) is 0 Å². The van der Waals surface area contributed by atoms with Crippen LogP contribution in [0.4, 0.5) is 22.0 Å². The number of phenols is 1. The number of benzene rings is 3. The smallest absolute Gasteiger partial charge is 0.508 e. The minimum Gasteiger partial charge on any atom is -0.508 e. The van der Waals surface area contributed by atoms with E-state index in [9.17, 15) is 32.1 Å². The molecule has 34 heavy (non-hydrogen) atoms. The second-order valence-corrected chi connectivity index (χ2v) is 6.97. The van der Waals surface area contributed by atoms with Crippen molar-refractivity contribution in [3.8, 4) is 17.2 Å². The standard InChI is InChI=1S/C16H8BF5O4.C4H11NO3/c18-11-12(19)14(21)16(15(22)13(11)20)26-17(24)25-10-4-2-7-5-9(23)3-1-8(7)6-10;5-4(1-6,2-7)3-8/h1-6,23-24H;6-8H,1-3,5H2. The zero-order chi connectivity index (χ0) is 25.6. The van der Waals surface area contributed by atoms with Crippen LogP contribution >= 0.6 is 0 Å². The van der Waals surface area contributed by atoms with Crippen LogP contribution in [0, 0.1) is 29.1 Å². The number of aliphatic hydroxyl groups excluding tert-OH is 3. The van der Waals surface area contributed by atoms with Crippen molar-refractivity contribution in [2.75, 3.05) is 19.8 Å². The maximum absolute atomic E-state index is 13.5. The Morgan fingerprint density at radius 1 is 0.735 bits per heavy atom. The topological polar surface area (TPSA) is 146 Å². The molecule has 7 N–H and O–H groups in total. The molecule has 0 unspecified atom stereocenters. The number of aromatic hydroxyl groups is 1. The Kier molecular flexibility index (Phi) is 9.01. The van der Waals surface area contributed by atoms with Crippen LogP contribution in [0.25, 0.3) is 10.8 Å². The summed E-state index contributed by atoms with van der Waals surface area (Å²) in [7, 11) is -2.35. The molecule has 0 amide bonds. The van der Waals surface area contributed by atoms with E-state index in [0.29, 0.717) is 10.8 Å². The molecule has 0 aromatic heterocycles. The highest BCUT2D eigenvalue weighted by Gasteiger charge is 2.32. The lowest BCUT2D eigenvalue weighted by molar-refractivity contribution is 0.0697. The van der Waals surface area contributed by atoms with Gasteiger partial charge in [-0.2, -0.15) is 8.78 Å². The first-order valence-corrected chi connectivity index (χ1v) is 9.33. The molecule has 0 aliphatic heterocycles. The van der Waals surface area contributed by atoms with E-state index in [-0.39, 0.29) is 11.5 Å². The van der Waals surface area contributed by atoms with Gasteiger partial charge in [0.05, 0.1) is 25.4 Å². The van der Waals surface area contributed by atoms with Gasteiger partial charge in [0.2, 0.25) is 29.1 Å². The van der Waals surface area contributed by atoms with E-state index in [4.69, 9.17) is 25.7 Å². The van der Waals surface area contributed by atoms with Gasteiger partial charge in [0.1, 0.15) is 11.5 Å². The van der Waals surface area contributed by atoms with E-state index in [1.807, 2.05) is 0 Å².